The predicted molar refractivity (Wildman–Crippen MR) is 79.7 cm³/mol. The van der Waals surface area contributed by atoms with Crippen LogP contribution in [-0.2, 0) is 19.1 Å². The van der Waals surface area contributed by atoms with Crippen LogP contribution in [0.4, 0.5) is 0 Å². The van der Waals surface area contributed by atoms with Gasteiger partial charge in [0.25, 0.3) is 0 Å². The number of hydrogen-bond donors (Lipinski definition) is 0. The average Bonchev–Trinajstić information content (AvgIpc) is 2.95. The Morgan fingerprint density at radius 2 is 1.82 bits per heavy atom. The summed E-state index contributed by atoms with van der Waals surface area (Å²) in [4.78, 5) is 37.0. The normalized spacial score (nSPS) is 37.7. The fourth-order valence-electron chi connectivity index (χ4n) is 4.68. The van der Waals surface area contributed by atoms with Crippen molar-refractivity contribution in [3.05, 3.63) is 0 Å². The zero-order chi connectivity index (χ0) is 16.3. The summed E-state index contributed by atoms with van der Waals surface area (Å²) in [5.41, 5.74) is 0.159. The highest BCUT2D eigenvalue weighted by atomic mass is 16.5. The smallest absolute Gasteiger partial charge is 0.329 e. The molecule has 5 nitrogen and oxygen atoms in total. The van der Waals surface area contributed by atoms with Crippen molar-refractivity contribution >= 4 is 17.8 Å². The van der Waals surface area contributed by atoms with Gasteiger partial charge >= 0.3 is 5.97 Å². The van der Waals surface area contributed by atoms with E-state index in [1.54, 1.807) is 6.92 Å². The van der Waals surface area contributed by atoms with Crippen LogP contribution in [0.3, 0.4) is 0 Å². The molecular formula is C17H25NO4. The summed E-state index contributed by atoms with van der Waals surface area (Å²) in [6, 6.07) is -0.812. The maximum Gasteiger partial charge on any atom is 0.329 e. The summed E-state index contributed by atoms with van der Waals surface area (Å²) in [5, 5.41) is 0. The van der Waals surface area contributed by atoms with Crippen LogP contribution in [0.2, 0.25) is 0 Å². The summed E-state index contributed by atoms with van der Waals surface area (Å²) in [6.07, 6.45) is 3.45. The topological polar surface area (TPSA) is 63.7 Å². The van der Waals surface area contributed by atoms with Crippen LogP contribution in [-0.4, -0.2) is 34.8 Å². The number of likely N-dealkylation sites (tertiary alicyclic amines) is 1. The minimum atomic E-state index is -0.812. The lowest BCUT2D eigenvalue weighted by Gasteiger charge is -2.39. The second-order valence-corrected chi connectivity index (χ2v) is 7.87. The molecule has 5 heteroatoms. The van der Waals surface area contributed by atoms with Crippen LogP contribution in [0, 0.1) is 16.7 Å². The van der Waals surface area contributed by atoms with E-state index in [-0.39, 0.29) is 41.6 Å². The van der Waals surface area contributed by atoms with Gasteiger partial charge < -0.3 is 4.74 Å². The van der Waals surface area contributed by atoms with E-state index < -0.39 is 12.0 Å². The molecule has 0 unspecified atom stereocenters. The first-order valence-corrected chi connectivity index (χ1v) is 8.24. The van der Waals surface area contributed by atoms with Gasteiger partial charge in [0, 0.05) is 18.3 Å². The zero-order valence-corrected chi connectivity index (χ0v) is 13.8. The molecule has 2 saturated carbocycles. The first kappa shape index (κ1) is 15.5. The van der Waals surface area contributed by atoms with Crippen LogP contribution in [0.15, 0.2) is 0 Å². The Morgan fingerprint density at radius 3 is 2.27 bits per heavy atom. The molecule has 3 rings (SSSR count). The predicted octanol–water partition coefficient (Wildman–Crippen LogP) is 2.28. The number of esters is 1. The van der Waals surface area contributed by atoms with Gasteiger partial charge in [0.15, 0.2) is 0 Å². The van der Waals surface area contributed by atoms with Gasteiger partial charge in [-0.2, -0.15) is 0 Å². The molecule has 2 aliphatic carbocycles. The maximum absolute atomic E-state index is 12.4. The molecule has 2 amide bonds. The number of amides is 2. The number of imide groups is 1. The third-order valence-electron chi connectivity index (χ3n) is 6.79. The van der Waals surface area contributed by atoms with Crippen LogP contribution in [0.1, 0.15) is 59.8 Å². The number of carbonyl (C=O) groups excluding carboxylic acids is 3. The van der Waals surface area contributed by atoms with Gasteiger partial charge in [0.05, 0.1) is 0 Å². The number of nitrogens with zero attached hydrogens (tertiary/aromatic N) is 1. The molecule has 0 aromatic rings. The number of rotatable bonds is 3. The van der Waals surface area contributed by atoms with Gasteiger partial charge in [0.2, 0.25) is 11.8 Å². The van der Waals surface area contributed by atoms with Gasteiger partial charge in [-0.1, -0.05) is 20.8 Å². The Morgan fingerprint density at radius 1 is 1.23 bits per heavy atom. The molecule has 0 radical (unpaired) electrons. The van der Waals surface area contributed by atoms with E-state index in [1.165, 1.54) is 6.42 Å². The van der Waals surface area contributed by atoms with Crippen LogP contribution < -0.4 is 0 Å². The van der Waals surface area contributed by atoms with Gasteiger partial charge in [-0.3, -0.25) is 14.5 Å². The Balaban J connectivity index is 1.71. The Labute approximate surface area is 131 Å². The third kappa shape index (κ3) is 1.94. The van der Waals surface area contributed by atoms with Crippen molar-refractivity contribution in [1.82, 2.24) is 4.90 Å². The molecular weight excluding hydrogens is 282 g/mol. The Bertz CT molecular complexity index is 525. The second-order valence-electron chi connectivity index (χ2n) is 7.87. The number of ether oxygens (including phenoxy) is 1. The molecule has 3 fully saturated rings. The maximum atomic E-state index is 12.4. The molecule has 3 aliphatic rings. The number of carbonyl (C=O) groups is 3. The summed E-state index contributed by atoms with van der Waals surface area (Å²) in [6.45, 7) is 8.31. The first-order valence-electron chi connectivity index (χ1n) is 8.24. The van der Waals surface area contributed by atoms with Crippen molar-refractivity contribution in [2.24, 2.45) is 16.7 Å². The van der Waals surface area contributed by atoms with E-state index in [0.717, 1.165) is 17.7 Å². The first-order chi connectivity index (χ1) is 10.2. The minimum absolute atomic E-state index is 0.00786. The van der Waals surface area contributed by atoms with Crippen molar-refractivity contribution in [2.75, 3.05) is 0 Å². The number of fused-ring (bicyclic) bond motifs is 2. The van der Waals surface area contributed by atoms with Crippen molar-refractivity contribution in [3.63, 3.8) is 0 Å². The summed E-state index contributed by atoms with van der Waals surface area (Å²) in [7, 11) is 0. The van der Waals surface area contributed by atoms with Gasteiger partial charge in [-0.15, -0.1) is 0 Å². The lowest BCUT2D eigenvalue weighted by molar-refractivity contribution is -0.167. The highest BCUT2D eigenvalue weighted by Gasteiger charge is 2.63. The zero-order valence-electron chi connectivity index (χ0n) is 13.8. The molecule has 1 aliphatic heterocycles. The fourth-order valence-corrected chi connectivity index (χ4v) is 4.68. The molecule has 4 atom stereocenters. The second kappa shape index (κ2) is 4.80. The van der Waals surface area contributed by atoms with Crippen molar-refractivity contribution < 1.29 is 19.1 Å². The molecule has 0 N–H and O–H groups in total. The molecule has 2 bridgehead atoms. The highest BCUT2D eigenvalue weighted by Crippen LogP contribution is 2.66. The molecule has 0 aromatic heterocycles. The van der Waals surface area contributed by atoms with Crippen LogP contribution in [0.25, 0.3) is 0 Å². The van der Waals surface area contributed by atoms with E-state index in [4.69, 9.17) is 4.74 Å². The van der Waals surface area contributed by atoms with Gasteiger partial charge in [-0.05, 0) is 37.5 Å². The molecule has 1 heterocycles. The standard InChI is InChI=1S/C17H25NO4/c1-10(18-13(19)5-6-14(18)20)15(21)22-12-9-11-7-8-17(12,4)16(11,2)3/h10-12H,5-9H2,1-4H3/t10-,11+,12-,17-/m0/s1. The lowest BCUT2D eigenvalue weighted by Crippen LogP contribution is -2.46. The van der Waals surface area contributed by atoms with E-state index >= 15 is 0 Å². The van der Waals surface area contributed by atoms with Gasteiger partial charge in [0.1, 0.15) is 12.1 Å². The highest BCUT2D eigenvalue weighted by molar-refractivity contribution is 6.04. The molecule has 22 heavy (non-hydrogen) atoms. The largest absolute Gasteiger partial charge is 0.460 e. The van der Waals surface area contributed by atoms with Gasteiger partial charge in [-0.25, -0.2) is 4.79 Å². The van der Waals surface area contributed by atoms with Crippen molar-refractivity contribution in [2.45, 2.75) is 71.9 Å². The summed E-state index contributed by atoms with van der Waals surface area (Å²) in [5.74, 6) is -0.401. The SMILES string of the molecule is C[C@@H](C(=O)O[C@H]1C[C@H]2CC[C@]1(C)C2(C)C)N1C(=O)CCC1=O. The lowest BCUT2D eigenvalue weighted by atomic mass is 9.70. The van der Waals surface area contributed by atoms with E-state index in [0.29, 0.717) is 5.92 Å². The van der Waals surface area contributed by atoms with Crippen LogP contribution in [0.5, 0.6) is 0 Å². The number of hydrogen-bond acceptors (Lipinski definition) is 4. The van der Waals surface area contributed by atoms with Crippen LogP contribution >= 0.6 is 0 Å². The summed E-state index contributed by atoms with van der Waals surface area (Å²) >= 11 is 0. The average molecular weight is 307 g/mol. The third-order valence-corrected chi connectivity index (χ3v) is 6.79. The monoisotopic (exact) mass is 307 g/mol. The summed E-state index contributed by atoms with van der Waals surface area (Å²) < 4.78 is 5.77. The van der Waals surface area contributed by atoms with E-state index in [1.807, 2.05) is 0 Å². The molecule has 122 valence electrons. The van der Waals surface area contributed by atoms with Crippen molar-refractivity contribution in [1.29, 1.82) is 0 Å². The molecule has 1 saturated heterocycles. The minimum Gasteiger partial charge on any atom is -0.460 e. The quantitative estimate of drug-likeness (QED) is 0.593. The van der Waals surface area contributed by atoms with E-state index in [9.17, 15) is 14.4 Å². The Hall–Kier alpha value is -1.39. The molecule has 0 aromatic carbocycles. The molecule has 0 spiro atoms. The fraction of sp³-hybridized carbons (Fsp3) is 0.824. The van der Waals surface area contributed by atoms with E-state index in [2.05, 4.69) is 20.8 Å². The Kier molecular flexibility index (Phi) is 3.38. The van der Waals surface area contributed by atoms with Crippen molar-refractivity contribution in [3.8, 4) is 0 Å².